The van der Waals surface area contributed by atoms with Crippen LogP contribution in [0.5, 0.6) is 0 Å². The van der Waals surface area contributed by atoms with Crippen molar-refractivity contribution in [3.63, 3.8) is 0 Å². The van der Waals surface area contributed by atoms with Crippen LogP contribution in [-0.4, -0.2) is 38.3 Å². The van der Waals surface area contributed by atoms with Gasteiger partial charge in [0, 0.05) is 32.2 Å². The first-order chi connectivity index (χ1) is 7.84. The molecule has 0 spiro atoms. The first-order valence-electron chi connectivity index (χ1n) is 6.42. The van der Waals surface area contributed by atoms with Gasteiger partial charge in [-0.05, 0) is 31.6 Å². The number of carbonyl (C=O) groups excluding carboxylic acids is 1. The third kappa shape index (κ3) is 5.47. The van der Waals surface area contributed by atoms with E-state index >= 15 is 0 Å². The van der Waals surface area contributed by atoms with Gasteiger partial charge in [-0.25, -0.2) is 0 Å². The van der Waals surface area contributed by atoms with E-state index < -0.39 is 0 Å². The standard InChI is InChI=1S/C12H22N2O2/c15-12(14-11-3-4-11)5-6-13-7-8-16-9-10-1-2-10/h10-11,13H,1-9H2,(H,14,15). The summed E-state index contributed by atoms with van der Waals surface area (Å²) in [5, 5.41) is 6.19. The van der Waals surface area contributed by atoms with Gasteiger partial charge in [0.1, 0.15) is 0 Å². The van der Waals surface area contributed by atoms with E-state index in [4.69, 9.17) is 4.74 Å². The predicted molar refractivity (Wildman–Crippen MR) is 62.2 cm³/mol. The lowest BCUT2D eigenvalue weighted by Gasteiger charge is -2.06. The quantitative estimate of drug-likeness (QED) is 0.568. The summed E-state index contributed by atoms with van der Waals surface area (Å²) in [7, 11) is 0. The van der Waals surface area contributed by atoms with Crippen molar-refractivity contribution >= 4 is 5.91 Å². The summed E-state index contributed by atoms with van der Waals surface area (Å²) in [6, 6.07) is 0.481. The highest BCUT2D eigenvalue weighted by Crippen LogP contribution is 2.28. The molecule has 0 heterocycles. The molecule has 0 radical (unpaired) electrons. The second-order valence-electron chi connectivity index (χ2n) is 4.86. The van der Waals surface area contributed by atoms with Gasteiger partial charge in [0.05, 0.1) is 6.61 Å². The van der Waals surface area contributed by atoms with Crippen LogP contribution in [0, 0.1) is 5.92 Å². The third-order valence-corrected chi connectivity index (χ3v) is 2.94. The average Bonchev–Trinajstić information content (AvgIpc) is 3.10. The fourth-order valence-corrected chi connectivity index (χ4v) is 1.53. The van der Waals surface area contributed by atoms with Crippen molar-refractivity contribution in [2.24, 2.45) is 5.92 Å². The van der Waals surface area contributed by atoms with E-state index in [-0.39, 0.29) is 5.91 Å². The summed E-state index contributed by atoms with van der Waals surface area (Å²) < 4.78 is 5.48. The third-order valence-electron chi connectivity index (χ3n) is 2.94. The molecular weight excluding hydrogens is 204 g/mol. The van der Waals surface area contributed by atoms with Gasteiger partial charge in [-0.15, -0.1) is 0 Å². The molecule has 0 aromatic carbocycles. The fraction of sp³-hybridized carbons (Fsp3) is 0.917. The molecule has 0 aromatic rings. The number of hydrogen-bond donors (Lipinski definition) is 2. The average molecular weight is 226 g/mol. The molecule has 0 unspecified atom stereocenters. The molecule has 2 N–H and O–H groups in total. The Morgan fingerprint density at radius 3 is 2.69 bits per heavy atom. The molecule has 2 rings (SSSR count). The maximum atomic E-state index is 11.3. The maximum absolute atomic E-state index is 11.3. The molecule has 0 aromatic heterocycles. The highest BCUT2D eigenvalue weighted by atomic mass is 16.5. The highest BCUT2D eigenvalue weighted by Gasteiger charge is 2.22. The summed E-state index contributed by atoms with van der Waals surface area (Å²) >= 11 is 0. The normalized spacial score (nSPS) is 19.8. The molecule has 2 saturated carbocycles. The summed E-state index contributed by atoms with van der Waals surface area (Å²) in [4.78, 5) is 11.3. The summed E-state index contributed by atoms with van der Waals surface area (Å²) in [5.41, 5.74) is 0. The van der Waals surface area contributed by atoms with Crippen molar-refractivity contribution in [3.05, 3.63) is 0 Å². The molecule has 1 amide bonds. The molecule has 0 atom stereocenters. The predicted octanol–water partition coefficient (Wildman–Crippen LogP) is 0.671. The molecule has 0 aliphatic heterocycles. The van der Waals surface area contributed by atoms with Gasteiger partial charge in [-0.1, -0.05) is 0 Å². The lowest BCUT2D eigenvalue weighted by molar-refractivity contribution is -0.121. The second-order valence-corrected chi connectivity index (χ2v) is 4.86. The highest BCUT2D eigenvalue weighted by molar-refractivity contribution is 5.76. The Balaban J connectivity index is 1.32. The van der Waals surface area contributed by atoms with Gasteiger partial charge in [-0.3, -0.25) is 4.79 Å². The lowest BCUT2D eigenvalue weighted by Crippen LogP contribution is -2.30. The van der Waals surface area contributed by atoms with Gasteiger partial charge in [-0.2, -0.15) is 0 Å². The van der Waals surface area contributed by atoms with E-state index in [1.54, 1.807) is 0 Å². The monoisotopic (exact) mass is 226 g/mol. The lowest BCUT2D eigenvalue weighted by atomic mass is 10.4. The van der Waals surface area contributed by atoms with Gasteiger partial charge in [0.2, 0.25) is 5.91 Å². The fourth-order valence-electron chi connectivity index (χ4n) is 1.53. The SMILES string of the molecule is O=C(CCNCCOCC1CC1)NC1CC1. The molecule has 4 nitrogen and oxygen atoms in total. The van der Waals surface area contributed by atoms with Crippen molar-refractivity contribution in [1.29, 1.82) is 0 Å². The van der Waals surface area contributed by atoms with Crippen LogP contribution in [0.4, 0.5) is 0 Å². The molecular formula is C12H22N2O2. The van der Waals surface area contributed by atoms with Crippen LogP contribution in [0.25, 0.3) is 0 Å². The van der Waals surface area contributed by atoms with Crippen LogP contribution in [0.2, 0.25) is 0 Å². The van der Waals surface area contributed by atoms with E-state index in [0.29, 0.717) is 12.5 Å². The number of ether oxygens (including phenoxy) is 1. The van der Waals surface area contributed by atoms with Gasteiger partial charge < -0.3 is 15.4 Å². The zero-order valence-corrected chi connectivity index (χ0v) is 9.84. The minimum atomic E-state index is 0.175. The Morgan fingerprint density at radius 2 is 2.00 bits per heavy atom. The Morgan fingerprint density at radius 1 is 1.19 bits per heavy atom. The Labute approximate surface area is 97.1 Å². The smallest absolute Gasteiger partial charge is 0.221 e. The van der Waals surface area contributed by atoms with Crippen molar-refractivity contribution in [3.8, 4) is 0 Å². The first kappa shape index (κ1) is 11.9. The minimum Gasteiger partial charge on any atom is -0.380 e. The second kappa shape index (κ2) is 6.21. The van der Waals surface area contributed by atoms with E-state index in [1.165, 1.54) is 12.8 Å². The van der Waals surface area contributed by atoms with Crippen LogP contribution < -0.4 is 10.6 Å². The number of amides is 1. The van der Waals surface area contributed by atoms with E-state index in [9.17, 15) is 4.79 Å². The van der Waals surface area contributed by atoms with Crippen molar-refractivity contribution in [2.75, 3.05) is 26.3 Å². The molecule has 4 heteroatoms. The first-order valence-corrected chi connectivity index (χ1v) is 6.42. The van der Waals surface area contributed by atoms with E-state index in [0.717, 1.165) is 45.1 Å². The Kier molecular flexibility index (Phi) is 4.60. The Hall–Kier alpha value is -0.610. The topological polar surface area (TPSA) is 50.4 Å². The summed E-state index contributed by atoms with van der Waals surface area (Å²) in [6.07, 6.45) is 5.59. The molecule has 2 aliphatic carbocycles. The van der Waals surface area contributed by atoms with Crippen molar-refractivity contribution in [2.45, 2.75) is 38.1 Å². The minimum absolute atomic E-state index is 0.175. The largest absolute Gasteiger partial charge is 0.380 e. The number of rotatable bonds is 9. The van der Waals surface area contributed by atoms with Gasteiger partial charge in [0.25, 0.3) is 0 Å². The van der Waals surface area contributed by atoms with Crippen LogP contribution >= 0.6 is 0 Å². The Bertz CT molecular complexity index is 225. The number of nitrogens with one attached hydrogen (secondary N) is 2. The van der Waals surface area contributed by atoms with Crippen LogP contribution in [-0.2, 0) is 9.53 Å². The summed E-state index contributed by atoms with van der Waals surface area (Å²) in [5.74, 6) is 1.01. The molecule has 2 fully saturated rings. The van der Waals surface area contributed by atoms with Crippen molar-refractivity contribution < 1.29 is 9.53 Å². The molecule has 16 heavy (non-hydrogen) atoms. The van der Waals surface area contributed by atoms with Crippen LogP contribution in [0.1, 0.15) is 32.1 Å². The van der Waals surface area contributed by atoms with E-state index in [2.05, 4.69) is 10.6 Å². The zero-order valence-electron chi connectivity index (χ0n) is 9.84. The molecule has 0 saturated heterocycles. The number of hydrogen-bond acceptors (Lipinski definition) is 3. The van der Waals surface area contributed by atoms with E-state index in [1.807, 2.05) is 0 Å². The van der Waals surface area contributed by atoms with Gasteiger partial charge >= 0.3 is 0 Å². The summed E-state index contributed by atoms with van der Waals surface area (Å²) in [6.45, 7) is 3.29. The molecule has 2 aliphatic rings. The molecule has 0 bridgehead atoms. The zero-order chi connectivity index (χ0) is 11.2. The van der Waals surface area contributed by atoms with Crippen LogP contribution in [0.15, 0.2) is 0 Å². The van der Waals surface area contributed by atoms with Gasteiger partial charge in [0.15, 0.2) is 0 Å². The van der Waals surface area contributed by atoms with Crippen molar-refractivity contribution in [1.82, 2.24) is 10.6 Å². The maximum Gasteiger partial charge on any atom is 0.221 e. The van der Waals surface area contributed by atoms with Crippen LogP contribution in [0.3, 0.4) is 0 Å². The number of carbonyl (C=O) groups is 1. The molecule has 92 valence electrons.